The van der Waals surface area contributed by atoms with E-state index in [1.54, 1.807) is 10.9 Å². The van der Waals surface area contributed by atoms with E-state index in [9.17, 15) is 4.79 Å². The smallest absolute Gasteiger partial charge is 0.230 e. The lowest BCUT2D eigenvalue weighted by Crippen LogP contribution is -2.32. The van der Waals surface area contributed by atoms with E-state index in [0.717, 1.165) is 35.7 Å². The van der Waals surface area contributed by atoms with E-state index >= 15 is 0 Å². The van der Waals surface area contributed by atoms with Gasteiger partial charge in [0.15, 0.2) is 5.82 Å². The molecular formula is C19H22N6O. The summed E-state index contributed by atoms with van der Waals surface area (Å²) < 4.78 is 1.74. The van der Waals surface area contributed by atoms with Crippen molar-refractivity contribution in [1.29, 1.82) is 0 Å². The first-order chi connectivity index (χ1) is 12.7. The molecule has 1 amide bonds. The molecule has 134 valence electrons. The normalized spacial score (nSPS) is 13.7. The first-order valence-electron chi connectivity index (χ1n) is 8.89. The van der Waals surface area contributed by atoms with Crippen LogP contribution in [-0.2, 0) is 31.4 Å². The van der Waals surface area contributed by atoms with Crippen LogP contribution in [-0.4, -0.2) is 35.8 Å². The van der Waals surface area contributed by atoms with Crippen LogP contribution >= 0.6 is 0 Å². The van der Waals surface area contributed by atoms with Crippen LogP contribution in [0.3, 0.4) is 0 Å². The van der Waals surface area contributed by atoms with Gasteiger partial charge in [0.25, 0.3) is 0 Å². The lowest BCUT2D eigenvalue weighted by Gasteiger charge is -2.22. The van der Waals surface area contributed by atoms with E-state index in [2.05, 4.69) is 20.3 Å². The van der Waals surface area contributed by atoms with Crippen molar-refractivity contribution >= 4 is 5.91 Å². The lowest BCUT2D eigenvalue weighted by molar-refractivity contribution is -0.132. The molecule has 4 rings (SSSR count). The molecule has 0 bridgehead atoms. The van der Waals surface area contributed by atoms with Crippen molar-refractivity contribution in [3.63, 3.8) is 0 Å². The molecule has 0 saturated heterocycles. The summed E-state index contributed by atoms with van der Waals surface area (Å²) in [5.41, 5.74) is 2.00. The van der Waals surface area contributed by atoms with Gasteiger partial charge in [0.2, 0.25) is 5.91 Å². The van der Waals surface area contributed by atoms with Crippen molar-refractivity contribution < 1.29 is 4.79 Å². The van der Waals surface area contributed by atoms with Crippen LogP contribution in [0.2, 0.25) is 0 Å². The average Bonchev–Trinajstić information content (AvgIpc) is 3.25. The highest BCUT2D eigenvalue weighted by atomic mass is 16.2. The zero-order valence-corrected chi connectivity index (χ0v) is 14.8. The molecule has 2 heterocycles. The zero-order chi connectivity index (χ0) is 17.9. The maximum atomic E-state index is 13.0. The van der Waals surface area contributed by atoms with Gasteiger partial charge in [0, 0.05) is 25.7 Å². The van der Waals surface area contributed by atoms with Crippen LogP contribution in [0.4, 0.5) is 0 Å². The number of carbonyl (C=O) groups is 1. The van der Waals surface area contributed by atoms with E-state index in [4.69, 9.17) is 0 Å². The van der Waals surface area contributed by atoms with Crippen LogP contribution < -0.4 is 0 Å². The first kappa shape index (κ1) is 16.5. The van der Waals surface area contributed by atoms with Crippen molar-refractivity contribution in [2.75, 3.05) is 0 Å². The van der Waals surface area contributed by atoms with E-state index in [1.807, 2.05) is 48.3 Å². The summed E-state index contributed by atoms with van der Waals surface area (Å²) in [6.45, 7) is 1.03. The molecule has 1 aromatic carbocycles. The number of rotatable bonds is 7. The Bertz CT molecular complexity index is 867. The third kappa shape index (κ3) is 3.82. The number of hydrogen-bond acceptors (Lipinski definition) is 4. The van der Waals surface area contributed by atoms with Crippen molar-refractivity contribution in [2.24, 2.45) is 7.05 Å². The van der Waals surface area contributed by atoms with Gasteiger partial charge in [-0.25, -0.2) is 4.98 Å². The van der Waals surface area contributed by atoms with Gasteiger partial charge in [0.1, 0.15) is 5.82 Å². The Kier molecular flexibility index (Phi) is 4.51. The van der Waals surface area contributed by atoms with Crippen LogP contribution in [0, 0.1) is 0 Å². The van der Waals surface area contributed by atoms with Gasteiger partial charge in [-0.1, -0.05) is 30.3 Å². The Balaban J connectivity index is 1.51. The summed E-state index contributed by atoms with van der Waals surface area (Å²) in [7, 11) is 1.86. The summed E-state index contributed by atoms with van der Waals surface area (Å²) in [5.74, 6) is 2.11. The van der Waals surface area contributed by atoms with E-state index in [1.165, 1.54) is 0 Å². The largest absolute Gasteiger partial charge is 0.332 e. The lowest BCUT2D eigenvalue weighted by atomic mass is 10.2. The number of carbonyl (C=O) groups excluding carboxylic acids is 1. The summed E-state index contributed by atoms with van der Waals surface area (Å²) in [6.07, 6.45) is 4.25. The fraction of sp³-hybridized carbons (Fsp3) is 0.368. The number of benzene rings is 1. The highest BCUT2D eigenvalue weighted by Gasteiger charge is 2.29. The van der Waals surface area contributed by atoms with Crippen molar-refractivity contribution in [3.05, 3.63) is 65.5 Å². The van der Waals surface area contributed by atoms with E-state index < -0.39 is 0 Å². The third-order valence-electron chi connectivity index (χ3n) is 4.61. The van der Waals surface area contributed by atoms with Crippen LogP contribution in [0.1, 0.15) is 41.7 Å². The molecule has 0 unspecified atom stereocenters. The quantitative estimate of drug-likeness (QED) is 0.708. The second-order valence-corrected chi connectivity index (χ2v) is 6.78. The van der Waals surface area contributed by atoms with Crippen LogP contribution in [0.15, 0.2) is 42.6 Å². The molecule has 0 spiro atoms. The monoisotopic (exact) mass is 350 g/mol. The van der Waals surface area contributed by atoms with Crippen molar-refractivity contribution in [2.45, 2.75) is 38.3 Å². The first-order valence-corrected chi connectivity index (χ1v) is 8.89. The maximum absolute atomic E-state index is 13.0. The molecule has 3 aromatic rings. The molecule has 7 nitrogen and oxygen atoms in total. The van der Waals surface area contributed by atoms with E-state index in [-0.39, 0.29) is 12.3 Å². The topological polar surface area (TPSA) is 79.7 Å². The SMILES string of the molecule is Cn1nc(C2CC2)nc1CC(=O)N(Cc1ccccc1)Cc1ccn[nH]1. The third-order valence-corrected chi connectivity index (χ3v) is 4.61. The Labute approximate surface area is 152 Å². The van der Waals surface area contributed by atoms with Gasteiger partial charge in [-0.05, 0) is 24.5 Å². The molecule has 1 aliphatic rings. The van der Waals surface area contributed by atoms with Crippen molar-refractivity contribution in [3.8, 4) is 0 Å². The average molecular weight is 350 g/mol. The summed E-state index contributed by atoms with van der Waals surface area (Å²) in [5, 5.41) is 11.4. The van der Waals surface area contributed by atoms with Gasteiger partial charge >= 0.3 is 0 Å². The number of nitrogens with one attached hydrogen (secondary N) is 1. The van der Waals surface area contributed by atoms with Gasteiger partial charge in [-0.15, -0.1) is 0 Å². The number of nitrogens with zero attached hydrogens (tertiary/aromatic N) is 5. The van der Waals surface area contributed by atoms with Crippen molar-refractivity contribution in [1.82, 2.24) is 29.9 Å². The predicted octanol–water partition coefficient (Wildman–Crippen LogP) is 2.19. The molecule has 1 aliphatic carbocycles. The van der Waals surface area contributed by atoms with Gasteiger partial charge in [-0.3, -0.25) is 14.6 Å². The molecule has 1 N–H and O–H groups in total. The minimum Gasteiger partial charge on any atom is -0.332 e. The van der Waals surface area contributed by atoms with Gasteiger partial charge in [0.05, 0.1) is 18.7 Å². The second-order valence-electron chi connectivity index (χ2n) is 6.78. The molecule has 2 aromatic heterocycles. The maximum Gasteiger partial charge on any atom is 0.230 e. The van der Waals surface area contributed by atoms with E-state index in [0.29, 0.717) is 19.0 Å². The molecule has 1 saturated carbocycles. The minimum absolute atomic E-state index is 0.0290. The number of aryl methyl sites for hydroxylation is 1. The fourth-order valence-electron chi connectivity index (χ4n) is 2.97. The fourth-order valence-corrected chi connectivity index (χ4v) is 2.97. The van der Waals surface area contributed by atoms with Crippen LogP contribution in [0.25, 0.3) is 0 Å². The molecule has 0 aliphatic heterocycles. The Hall–Kier alpha value is -2.96. The zero-order valence-electron chi connectivity index (χ0n) is 14.8. The molecule has 0 radical (unpaired) electrons. The molecule has 26 heavy (non-hydrogen) atoms. The molecule has 7 heteroatoms. The predicted molar refractivity (Wildman–Crippen MR) is 96.0 cm³/mol. The Morgan fingerprint density at radius 2 is 2.04 bits per heavy atom. The summed E-state index contributed by atoms with van der Waals surface area (Å²) in [4.78, 5) is 19.4. The molecule has 1 fully saturated rings. The number of hydrogen-bond donors (Lipinski definition) is 1. The summed E-state index contributed by atoms with van der Waals surface area (Å²) in [6, 6.07) is 11.9. The number of amides is 1. The van der Waals surface area contributed by atoms with Crippen LogP contribution in [0.5, 0.6) is 0 Å². The highest BCUT2D eigenvalue weighted by molar-refractivity contribution is 5.78. The standard InChI is InChI=1S/C19H22N6O/c1-24-17(21-19(23-24)15-7-8-15)11-18(26)25(13-16-9-10-20-22-16)12-14-5-3-2-4-6-14/h2-6,9-10,15H,7-8,11-13H2,1H3,(H,20,22). The van der Waals surface area contributed by atoms with Gasteiger partial charge < -0.3 is 4.90 Å². The highest BCUT2D eigenvalue weighted by Crippen LogP contribution is 2.38. The van der Waals surface area contributed by atoms with Gasteiger partial charge in [-0.2, -0.15) is 10.2 Å². The second kappa shape index (κ2) is 7.11. The molecule has 0 atom stereocenters. The molecular weight excluding hydrogens is 328 g/mol. The Morgan fingerprint density at radius 1 is 1.23 bits per heavy atom. The number of aromatic nitrogens is 5. The number of aromatic amines is 1. The minimum atomic E-state index is 0.0290. The number of H-pyrrole nitrogens is 1. The summed E-state index contributed by atoms with van der Waals surface area (Å²) >= 11 is 0. The Morgan fingerprint density at radius 3 is 2.73 bits per heavy atom.